The number of rotatable bonds is 18. The molecule has 79 heavy (non-hydrogen) atoms. The second kappa shape index (κ2) is 24.3. The lowest BCUT2D eigenvalue weighted by Gasteiger charge is -2.68. The molecule has 4 heterocycles. The van der Waals surface area contributed by atoms with Gasteiger partial charge < -0.3 is 120 Å². The van der Waals surface area contributed by atoms with Crippen LogP contribution in [0.2, 0.25) is 0 Å². The zero-order valence-corrected chi connectivity index (χ0v) is 46.8. The van der Waals surface area contributed by atoms with Gasteiger partial charge in [0.15, 0.2) is 25.2 Å². The molecule has 0 aromatic rings. The van der Waals surface area contributed by atoms with Crippen LogP contribution < -0.4 is 0 Å². The van der Waals surface area contributed by atoms with Crippen LogP contribution in [-0.4, -0.2) is 255 Å². The van der Waals surface area contributed by atoms with Crippen molar-refractivity contribution in [3.8, 4) is 0 Å². The SMILES string of the molecule is CC[C@@]12CCC([C@H](C)CC[C@@H](O[C@@H]3O[C@H](CO[C@@H]4O[C@H](CO)[C@@H](O)[C@H](O)[C@H]4O)[C@@H](O)[C@H](O)[C@H]3O)C(C)(C)O)[C@@]1(C)C[C@@H](O)[C@@]1(C)C3CC[C@H](O[C@@H]4O[C@H](CO[C@@H]5O[C@H](CO)[C@@H](O)[C@H](O)[C@H]5O)[C@@H](O)[C@H](O)[C@H]4O)C(C)(C)C3=CCC12. The zero-order chi connectivity index (χ0) is 58.2. The largest absolute Gasteiger partial charge is 0.394 e. The van der Waals surface area contributed by atoms with Crippen LogP contribution in [0.1, 0.15) is 113 Å². The minimum absolute atomic E-state index is 0.0228. The predicted molar refractivity (Wildman–Crippen MR) is 272 cm³/mol. The molecule has 8 rings (SSSR count). The van der Waals surface area contributed by atoms with E-state index in [0.29, 0.717) is 38.5 Å². The van der Waals surface area contributed by atoms with E-state index in [2.05, 4.69) is 47.6 Å². The Morgan fingerprint density at radius 2 is 1.08 bits per heavy atom. The fourth-order valence-corrected chi connectivity index (χ4v) is 16.1. The molecule has 0 aromatic heterocycles. The van der Waals surface area contributed by atoms with E-state index < -0.39 is 184 Å². The molecule has 0 bridgehead atoms. The molecule has 0 amide bonds. The molecule has 7 fully saturated rings. The highest BCUT2D eigenvalue weighted by Crippen LogP contribution is 2.76. The van der Waals surface area contributed by atoms with Gasteiger partial charge in [0.2, 0.25) is 0 Å². The molecule has 30 atom stereocenters. The third-order valence-corrected chi connectivity index (χ3v) is 21.0. The van der Waals surface area contributed by atoms with Gasteiger partial charge in [0, 0.05) is 10.8 Å². The smallest absolute Gasteiger partial charge is 0.187 e. The van der Waals surface area contributed by atoms with Crippen LogP contribution in [-0.2, 0) is 37.9 Å². The average molecular weight is 1140 g/mol. The van der Waals surface area contributed by atoms with Crippen LogP contribution in [0.15, 0.2) is 11.6 Å². The van der Waals surface area contributed by atoms with Gasteiger partial charge in [-0.2, -0.15) is 0 Å². The Kier molecular flexibility index (Phi) is 19.6. The van der Waals surface area contributed by atoms with E-state index in [9.17, 15) is 81.7 Å². The Balaban J connectivity index is 0.923. The van der Waals surface area contributed by atoms with Crippen LogP contribution in [0.5, 0.6) is 0 Å². The fourth-order valence-electron chi connectivity index (χ4n) is 16.1. The summed E-state index contributed by atoms with van der Waals surface area (Å²) in [5.74, 6) is 0.328. The molecule has 0 aromatic carbocycles. The maximum absolute atomic E-state index is 12.8. The molecule has 458 valence electrons. The van der Waals surface area contributed by atoms with E-state index >= 15 is 0 Å². The van der Waals surface area contributed by atoms with E-state index in [1.807, 2.05) is 0 Å². The van der Waals surface area contributed by atoms with E-state index in [1.165, 1.54) is 0 Å². The third-order valence-electron chi connectivity index (χ3n) is 21.0. The minimum Gasteiger partial charge on any atom is -0.394 e. The Morgan fingerprint density at radius 1 is 0.608 bits per heavy atom. The summed E-state index contributed by atoms with van der Waals surface area (Å²) in [6, 6.07) is 0. The number of aliphatic hydroxyl groups is 16. The molecule has 24 nitrogen and oxygen atoms in total. The molecular weight excluding hydrogens is 1040 g/mol. The van der Waals surface area contributed by atoms with Crippen molar-refractivity contribution in [2.45, 2.75) is 260 Å². The Labute approximate surface area is 461 Å². The number of hydrogen-bond donors (Lipinski definition) is 16. The minimum atomic E-state index is -1.77. The van der Waals surface area contributed by atoms with Gasteiger partial charge in [0.25, 0.3) is 0 Å². The van der Waals surface area contributed by atoms with Gasteiger partial charge >= 0.3 is 0 Å². The van der Waals surface area contributed by atoms with Gasteiger partial charge in [0.1, 0.15) is 97.7 Å². The highest BCUT2D eigenvalue weighted by molar-refractivity contribution is 5.32. The summed E-state index contributed by atoms with van der Waals surface area (Å²) in [5, 5.41) is 171. The Hall–Kier alpha value is -1.22. The van der Waals surface area contributed by atoms with Crippen molar-refractivity contribution in [3.05, 3.63) is 11.6 Å². The lowest BCUT2D eigenvalue weighted by molar-refractivity contribution is -0.341. The summed E-state index contributed by atoms with van der Waals surface area (Å²) in [6.45, 7) is 13.9. The first kappa shape index (κ1) is 63.8. The van der Waals surface area contributed by atoms with Gasteiger partial charge in [-0.25, -0.2) is 0 Å². The molecule has 4 aliphatic heterocycles. The highest BCUT2D eigenvalue weighted by Gasteiger charge is 2.71. The van der Waals surface area contributed by atoms with Crippen LogP contribution in [0.3, 0.4) is 0 Å². The van der Waals surface area contributed by atoms with Gasteiger partial charge in [0.05, 0.1) is 50.3 Å². The first-order chi connectivity index (χ1) is 36.9. The zero-order valence-electron chi connectivity index (χ0n) is 46.8. The summed E-state index contributed by atoms with van der Waals surface area (Å²) in [7, 11) is 0. The highest BCUT2D eigenvalue weighted by atomic mass is 16.7. The molecule has 3 saturated carbocycles. The van der Waals surface area contributed by atoms with Crippen LogP contribution in [0.4, 0.5) is 0 Å². The van der Waals surface area contributed by atoms with Crippen molar-refractivity contribution in [3.63, 3.8) is 0 Å². The van der Waals surface area contributed by atoms with Crippen LogP contribution >= 0.6 is 0 Å². The molecule has 3 unspecified atom stereocenters. The molecule has 0 spiro atoms. The van der Waals surface area contributed by atoms with Crippen molar-refractivity contribution in [2.24, 2.45) is 45.3 Å². The quantitative estimate of drug-likeness (QED) is 0.0615. The molecule has 0 radical (unpaired) electrons. The number of ether oxygens (including phenoxy) is 8. The number of fused-ring (bicyclic) bond motifs is 5. The van der Waals surface area contributed by atoms with E-state index in [4.69, 9.17) is 37.9 Å². The van der Waals surface area contributed by atoms with Gasteiger partial charge in [-0.1, -0.05) is 53.2 Å². The van der Waals surface area contributed by atoms with E-state index in [-0.39, 0.29) is 34.5 Å². The van der Waals surface area contributed by atoms with Gasteiger partial charge in [-0.15, -0.1) is 0 Å². The van der Waals surface area contributed by atoms with Crippen molar-refractivity contribution < 1.29 is 120 Å². The fraction of sp³-hybridized carbons (Fsp3) is 0.964. The summed E-state index contributed by atoms with van der Waals surface area (Å²) in [5.41, 5.74) is -1.96. The average Bonchev–Trinajstić information content (AvgIpc) is 2.73. The Morgan fingerprint density at radius 3 is 1.57 bits per heavy atom. The molecule has 4 aliphatic carbocycles. The normalized spacial score (nSPS) is 50.9. The maximum Gasteiger partial charge on any atom is 0.187 e. The van der Waals surface area contributed by atoms with Crippen LogP contribution in [0, 0.1) is 45.3 Å². The molecular formula is C55H94O24. The number of allylic oxidation sites excluding steroid dienone is 1. The summed E-state index contributed by atoms with van der Waals surface area (Å²) in [4.78, 5) is 0. The molecule has 24 heteroatoms. The molecule has 16 N–H and O–H groups in total. The van der Waals surface area contributed by atoms with Crippen molar-refractivity contribution in [1.82, 2.24) is 0 Å². The maximum atomic E-state index is 12.8. The van der Waals surface area contributed by atoms with Gasteiger partial charge in [-0.3, -0.25) is 0 Å². The van der Waals surface area contributed by atoms with E-state index in [1.54, 1.807) is 13.8 Å². The summed E-state index contributed by atoms with van der Waals surface area (Å²) >= 11 is 0. The lowest BCUT2D eigenvalue weighted by atomic mass is 9.37. The topological polar surface area (TPSA) is 398 Å². The molecule has 4 saturated heterocycles. The predicted octanol–water partition coefficient (Wildman–Crippen LogP) is -2.84. The summed E-state index contributed by atoms with van der Waals surface area (Å²) < 4.78 is 47.0. The van der Waals surface area contributed by atoms with Crippen molar-refractivity contribution in [2.75, 3.05) is 26.4 Å². The number of aliphatic hydroxyl groups excluding tert-OH is 15. The van der Waals surface area contributed by atoms with Crippen LogP contribution in [0.25, 0.3) is 0 Å². The second-order valence-electron chi connectivity index (χ2n) is 26.0. The Bertz CT molecular complexity index is 2040. The van der Waals surface area contributed by atoms with Crippen molar-refractivity contribution in [1.29, 1.82) is 0 Å². The summed E-state index contributed by atoms with van der Waals surface area (Å²) in [6.07, 6.45) is -25.3. The standard InChI is InChI=1S/C55H94O24/c1-9-55-17-16-24(23(2)10-14-34(52(5,6)71)79-50-46(70)42(66)38(62)30(77-50)22-73-48-44(68)40(64)36(60)28(20-57)75-48)53(55,7)18-32(58)54(8)26-12-15-33(51(3,4)25(26)11-13-31(54)55)78-49-45(69)41(65)37(61)29(76-49)21-72-47-43(67)39(63)35(59)27(19-56)74-47/h11,23-24,26-50,56-71H,9-10,12-22H2,1-8H3/t23-,24?,26?,27-,28-,29-,30-,31?,32-,33+,34-,35-,36-,37-,38-,39+,40+,41+,42+,43-,44-,45-,46-,47-,48-,49+,50+,53-,54+,55+/m1/s1. The second-order valence-corrected chi connectivity index (χ2v) is 26.0. The van der Waals surface area contributed by atoms with Gasteiger partial charge in [-0.05, 0) is 106 Å². The first-order valence-electron chi connectivity index (χ1n) is 28.6. The molecule has 8 aliphatic rings. The lowest BCUT2D eigenvalue weighted by Crippen LogP contribution is -2.65. The third kappa shape index (κ3) is 11.3. The first-order valence-corrected chi connectivity index (χ1v) is 28.6. The van der Waals surface area contributed by atoms with E-state index in [0.717, 1.165) is 24.8 Å². The number of hydrogen-bond acceptors (Lipinski definition) is 24. The monoisotopic (exact) mass is 1140 g/mol. The van der Waals surface area contributed by atoms with Crippen molar-refractivity contribution >= 4 is 0 Å².